The summed E-state index contributed by atoms with van der Waals surface area (Å²) in [4.78, 5) is 16.2. The Morgan fingerprint density at radius 1 is 1.22 bits per heavy atom. The zero-order chi connectivity index (χ0) is 17.0. The second-order valence-electron chi connectivity index (χ2n) is 5.84. The molecule has 1 aliphatic rings. The van der Waals surface area contributed by atoms with Gasteiger partial charge in [-0.25, -0.2) is 5.14 Å². The molecule has 0 aliphatic carbocycles. The molecule has 1 heterocycles. The largest absolute Gasteiger partial charge is 0.340 e. The van der Waals surface area contributed by atoms with Gasteiger partial charge in [0.15, 0.2) is 0 Å². The van der Waals surface area contributed by atoms with Gasteiger partial charge in [0.05, 0.1) is 6.04 Å². The van der Waals surface area contributed by atoms with Gasteiger partial charge in [-0.15, -0.1) is 0 Å². The van der Waals surface area contributed by atoms with Gasteiger partial charge in [0.1, 0.15) is 0 Å². The lowest BCUT2D eigenvalue weighted by atomic mass is 10.2. The molecule has 1 aliphatic heterocycles. The maximum Gasteiger partial charge on any atom is 0.276 e. The fourth-order valence-corrected chi connectivity index (χ4v) is 3.43. The monoisotopic (exact) mass is 340 g/mol. The summed E-state index contributed by atoms with van der Waals surface area (Å²) in [5.41, 5.74) is 1.08. The number of amides is 1. The third kappa shape index (κ3) is 4.74. The molecule has 1 fully saturated rings. The maximum absolute atomic E-state index is 12.6. The number of nitrogens with two attached hydrogens (primary N) is 1. The molecule has 0 saturated carbocycles. The van der Waals surface area contributed by atoms with Crippen molar-refractivity contribution >= 4 is 16.1 Å². The minimum absolute atomic E-state index is 0.0258. The summed E-state index contributed by atoms with van der Waals surface area (Å²) < 4.78 is 23.9. The highest BCUT2D eigenvalue weighted by atomic mass is 32.2. The number of carbonyl (C=O) groups is 1. The minimum Gasteiger partial charge on any atom is -0.340 e. The normalized spacial score (nSPS) is 18.6. The van der Waals surface area contributed by atoms with E-state index in [0.29, 0.717) is 32.7 Å². The van der Waals surface area contributed by atoms with Crippen LogP contribution in [0.5, 0.6) is 0 Å². The van der Waals surface area contributed by atoms with Crippen molar-refractivity contribution in [3.8, 4) is 0 Å². The van der Waals surface area contributed by atoms with Crippen LogP contribution < -0.4 is 5.14 Å². The molecule has 7 nitrogen and oxygen atoms in total. The Morgan fingerprint density at radius 3 is 2.30 bits per heavy atom. The van der Waals surface area contributed by atoms with E-state index < -0.39 is 10.2 Å². The summed E-state index contributed by atoms with van der Waals surface area (Å²) in [5.74, 6) is 0.0258. The molecule has 1 unspecified atom stereocenters. The van der Waals surface area contributed by atoms with Gasteiger partial charge in [-0.05, 0) is 12.5 Å². The van der Waals surface area contributed by atoms with Crippen LogP contribution in [-0.2, 0) is 21.5 Å². The van der Waals surface area contributed by atoms with Gasteiger partial charge in [-0.1, -0.05) is 30.3 Å². The lowest BCUT2D eigenvalue weighted by Crippen LogP contribution is -2.55. The molecule has 1 amide bonds. The van der Waals surface area contributed by atoms with Crippen molar-refractivity contribution in [1.29, 1.82) is 0 Å². The van der Waals surface area contributed by atoms with Crippen LogP contribution in [0.2, 0.25) is 0 Å². The van der Waals surface area contributed by atoms with Crippen LogP contribution in [-0.4, -0.2) is 67.7 Å². The molecular weight excluding hydrogens is 316 g/mol. The van der Waals surface area contributed by atoms with Crippen molar-refractivity contribution in [3.05, 3.63) is 35.9 Å². The number of carbonyl (C=O) groups excluding carboxylic acids is 1. The molecule has 0 radical (unpaired) electrons. The molecule has 1 aromatic rings. The zero-order valence-corrected chi connectivity index (χ0v) is 14.4. The molecule has 1 aromatic carbocycles. The Morgan fingerprint density at radius 2 is 1.78 bits per heavy atom. The summed E-state index contributed by atoms with van der Waals surface area (Å²) in [6.07, 6.45) is 0. The van der Waals surface area contributed by atoms with Crippen LogP contribution in [0.3, 0.4) is 0 Å². The van der Waals surface area contributed by atoms with E-state index in [1.54, 1.807) is 11.9 Å². The van der Waals surface area contributed by atoms with Crippen LogP contribution >= 0.6 is 0 Å². The van der Waals surface area contributed by atoms with Crippen LogP contribution in [0.25, 0.3) is 0 Å². The highest BCUT2D eigenvalue weighted by molar-refractivity contribution is 7.86. The van der Waals surface area contributed by atoms with Gasteiger partial charge in [0, 0.05) is 39.8 Å². The molecule has 23 heavy (non-hydrogen) atoms. The van der Waals surface area contributed by atoms with Gasteiger partial charge in [0.2, 0.25) is 5.91 Å². The first-order chi connectivity index (χ1) is 10.8. The number of rotatable bonds is 5. The van der Waals surface area contributed by atoms with E-state index in [0.717, 1.165) is 5.56 Å². The van der Waals surface area contributed by atoms with Crippen molar-refractivity contribution in [1.82, 2.24) is 14.1 Å². The van der Waals surface area contributed by atoms with Gasteiger partial charge in [0.25, 0.3) is 10.2 Å². The van der Waals surface area contributed by atoms with E-state index >= 15 is 0 Å². The summed E-state index contributed by atoms with van der Waals surface area (Å²) in [5, 5.41) is 5.13. The van der Waals surface area contributed by atoms with Crippen molar-refractivity contribution in [2.75, 3.05) is 33.2 Å². The lowest BCUT2D eigenvalue weighted by Gasteiger charge is -2.37. The fourth-order valence-electron chi connectivity index (χ4n) is 2.76. The molecule has 1 saturated heterocycles. The fraction of sp³-hybridized carbons (Fsp3) is 0.533. The Balaban J connectivity index is 1.90. The molecule has 0 spiro atoms. The molecule has 8 heteroatoms. The van der Waals surface area contributed by atoms with E-state index in [4.69, 9.17) is 5.14 Å². The maximum atomic E-state index is 12.6. The molecule has 128 valence electrons. The van der Waals surface area contributed by atoms with E-state index in [-0.39, 0.29) is 11.9 Å². The standard InChI is InChI=1S/C15H24N4O3S/c1-13(18-8-10-19(11-9-18)23(16,21)22)15(20)17(2)12-14-6-4-3-5-7-14/h3-7,13H,8-12H2,1-2H3,(H2,16,21,22). The van der Waals surface area contributed by atoms with Crippen molar-refractivity contribution < 1.29 is 13.2 Å². The highest BCUT2D eigenvalue weighted by Gasteiger charge is 2.30. The average molecular weight is 340 g/mol. The van der Waals surface area contributed by atoms with Crippen molar-refractivity contribution in [2.45, 2.75) is 19.5 Å². The Labute approximate surface area is 137 Å². The van der Waals surface area contributed by atoms with Crippen molar-refractivity contribution in [3.63, 3.8) is 0 Å². The predicted octanol–water partition coefficient (Wildman–Crippen LogP) is -0.145. The number of benzene rings is 1. The average Bonchev–Trinajstić information content (AvgIpc) is 2.53. The number of likely N-dealkylation sites (N-methyl/N-ethyl adjacent to an activating group) is 1. The van der Waals surface area contributed by atoms with E-state index in [9.17, 15) is 13.2 Å². The number of hydrogen-bond acceptors (Lipinski definition) is 4. The smallest absolute Gasteiger partial charge is 0.276 e. The first-order valence-electron chi connectivity index (χ1n) is 7.60. The van der Waals surface area contributed by atoms with Crippen LogP contribution in [0.15, 0.2) is 30.3 Å². The van der Waals surface area contributed by atoms with E-state index in [1.807, 2.05) is 42.2 Å². The Kier molecular flexibility index (Phi) is 5.74. The lowest BCUT2D eigenvalue weighted by molar-refractivity contribution is -0.136. The summed E-state index contributed by atoms with van der Waals surface area (Å²) in [6, 6.07) is 9.52. The van der Waals surface area contributed by atoms with Crippen LogP contribution in [0.4, 0.5) is 0 Å². The molecule has 0 bridgehead atoms. The van der Waals surface area contributed by atoms with Gasteiger partial charge < -0.3 is 4.90 Å². The first kappa shape index (κ1) is 17.9. The second-order valence-corrected chi connectivity index (χ2v) is 7.38. The number of nitrogens with zero attached hydrogens (tertiary/aromatic N) is 3. The summed E-state index contributed by atoms with van der Waals surface area (Å²) in [6.45, 7) is 4.06. The predicted molar refractivity (Wildman–Crippen MR) is 88.6 cm³/mol. The van der Waals surface area contributed by atoms with Gasteiger partial charge >= 0.3 is 0 Å². The molecule has 0 aromatic heterocycles. The number of hydrogen-bond donors (Lipinski definition) is 1. The highest BCUT2D eigenvalue weighted by Crippen LogP contribution is 2.11. The zero-order valence-electron chi connectivity index (χ0n) is 13.6. The van der Waals surface area contributed by atoms with Crippen LogP contribution in [0, 0.1) is 0 Å². The second kappa shape index (κ2) is 7.39. The first-order valence-corrected chi connectivity index (χ1v) is 9.10. The minimum atomic E-state index is -3.64. The third-order valence-electron chi connectivity index (χ3n) is 4.18. The van der Waals surface area contributed by atoms with Crippen LogP contribution in [0.1, 0.15) is 12.5 Å². The van der Waals surface area contributed by atoms with Crippen molar-refractivity contribution in [2.24, 2.45) is 5.14 Å². The molecule has 2 N–H and O–H groups in total. The summed E-state index contributed by atoms with van der Waals surface area (Å²) in [7, 11) is -1.86. The van der Waals surface area contributed by atoms with Gasteiger partial charge in [-0.2, -0.15) is 12.7 Å². The van der Waals surface area contributed by atoms with E-state index in [2.05, 4.69) is 0 Å². The summed E-state index contributed by atoms with van der Waals surface area (Å²) >= 11 is 0. The molecule has 1 atom stereocenters. The van der Waals surface area contributed by atoms with Gasteiger partial charge in [-0.3, -0.25) is 9.69 Å². The SMILES string of the molecule is CC(C(=O)N(C)Cc1ccccc1)N1CCN(S(N)(=O)=O)CC1. The van der Waals surface area contributed by atoms with E-state index in [1.165, 1.54) is 4.31 Å². The Hall–Kier alpha value is -1.48. The molecule has 2 rings (SSSR count). The number of piperazine rings is 1. The molecular formula is C15H24N4O3S. The third-order valence-corrected chi connectivity index (χ3v) is 5.26. The topological polar surface area (TPSA) is 86.9 Å². The quantitative estimate of drug-likeness (QED) is 0.808. The Bertz CT molecular complexity index is 627.